The van der Waals surface area contributed by atoms with Crippen LogP contribution in [0.15, 0.2) is 30.6 Å². The van der Waals surface area contributed by atoms with E-state index in [4.69, 9.17) is 0 Å². The lowest BCUT2D eigenvalue weighted by atomic mass is 10.2. The number of hydrogen-bond donors (Lipinski definition) is 1. The number of aryl methyl sites for hydroxylation is 2. The Kier molecular flexibility index (Phi) is 3.78. The summed E-state index contributed by atoms with van der Waals surface area (Å²) in [4.78, 5) is 11.0. The molecule has 6 heteroatoms. The standard InChI is InChI=1S/C15H12FN3S.ClH/c16-10-5-1-2-6-11(10)19-14-13-9-4-3-7-12(9)20-15(13)18-8-17-14;/h1-2,5-6,8H,3-4,7H2,(H,17,18,19);1H. The van der Waals surface area contributed by atoms with E-state index in [2.05, 4.69) is 15.3 Å². The van der Waals surface area contributed by atoms with Gasteiger partial charge in [-0.05, 0) is 37.0 Å². The lowest BCUT2D eigenvalue weighted by Gasteiger charge is -2.08. The van der Waals surface area contributed by atoms with E-state index in [-0.39, 0.29) is 18.2 Å². The lowest BCUT2D eigenvalue weighted by molar-refractivity contribution is 0.632. The summed E-state index contributed by atoms with van der Waals surface area (Å²) in [7, 11) is 0. The number of anilines is 2. The molecule has 21 heavy (non-hydrogen) atoms. The first-order chi connectivity index (χ1) is 9.83. The van der Waals surface area contributed by atoms with Crippen LogP contribution in [-0.4, -0.2) is 9.97 Å². The zero-order chi connectivity index (χ0) is 13.5. The summed E-state index contributed by atoms with van der Waals surface area (Å²) in [5.41, 5.74) is 1.79. The van der Waals surface area contributed by atoms with E-state index in [1.165, 1.54) is 29.3 Å². The zero-order valence-electron chi connectivity index (χ0n) is 11.1. The van der Waals surface area contributed by atoms with Gasteiger partial charge < -0.3 is 5.32 Å². The van der Waals surface area contributed by atoms with E-state index in [9.17, 15) is 4.39 Å². The molecular weight excluding hydrogens is 309 g/mol. The minimum Gasteiger partial charge on any atom is -0.337 e. The Hall–Kier alpha value is -1.72. The van der Waals surface area contributed by atoms with Gasteiger partial charge in [-0.25, -0.2) is 14.4 Å². The summed E-state index contributed by atoms with van der Waals surface area (Å²) in [5.74, 6) is 0.436. The number of halogens is 2. The highest BCUT2D eigenvalue weighted by Gasteiger charge is 2.21. The van der Waals surface area contributed by atoms with Gasteiger partial charge in [0.2, 0.25) is 0 Å². The maximum Gasteiger partial charge on any atom is 0.146 e. The summed E-state index contributed by atoms with van der Waals surface area (Å²) in [5, 5.41) is 4.17. The molecule has 0 saturated carbocycles. The third-order valence-corrected chi connectivity index (χ3v) is 4.83. The van der Waals surface area contributed by atoms with Gasteiger partial charge in [0.05, 0.1) is 11.1 Å². The Morgan fingerprint density at radius 2 is 2.00 bits per heavy atom. The van der Waals surface area contributed by atoms with Crippen LogP contribution < -0.4 is 5.32 Å². The van der Waals surface area contributed by atoms with Gasteiger partial charge in [0.25, 0.3) is 0 Å². The number of thiophene rings is 1. The molecule has 3 aromatic rings. The van der Waals surface area contributed by atoms with Crippen LogP contribution in [0.25, 0.3) is 10.2 Å². The van der Waals surface area contributed by atoms with Crippen molar-refractivity contribution in [2.75, 3.05) is 5.32 Å². The molecule has 2 aromatic heterocycles. The number of benzene rings is 1. The average molecular weight is 322 g/mol. The van der Waals surface area contributed by atoms with Crippen LogP contribution in [0.1, 0.15) is 16.9 Å². The molecule has 0 radical (unpaired) electrons. The normalized spacial score (nSPS) is 13.0. The van der Waals surface area contributed by atoms with Gasteiger partial charge in [0, 0.05) is 4.88 Å². The van der Waals surface area contributed by atoms with Gasteiger partial charge in [-0.3, -0.25) is 0 Å². The second-order valence-corrected chi connectivity index (χ2v) is 5.95. The van der Waals surface area contributed by atoms with Crippen molar-refractivity contribution in [3.63, 3.8) is 0 Å². The highest BCUT2D eigenvalue weighted by molar-refractivity contribution is 7.19. The molecule has 0 fully saturated rings. The van der Waals surface area contributed by atoms with Crippen LogP contribution in [0.4, 0.5) is 15.9 Å². The van der Waals surface area contributed by atoms with Crippen molar-refractivity contribution in [2.45, 2.75) is 19.3 Å². The summed E-state index contributed by atoms with van der Waals surface area (Å²) in [6, 6.07) is 6.65. The fraction of sp³-hybridized carbons (Fsp3) is 0.200. The van der Waals surface area contributed by atoms with Crippen molar-refractivity contribution < 1.29 is 4.39 Å². The lowest BCUT2D eigenvalue weighted by Crippen LogP contribution is -1.98. The van der Waals surface area contributed by atoms with Gasteiger partial charge >= 0.3 is 0 Å². The fourth-order valence-corrected chi connectivity index (χ4v) is 3.94. The molecule has 0 spiro atoms. The molecule has 4 rings (SSSR count). The van der Waals surface area contributed by atoms with E-state index in [1.54, 1.807) is 23.5 Å². The Labute approximate surface area is 131 Å². The third-order valence-electron chi connectivity index (χ3n) is 3.63. The second kappa shape index (κ2) is 5.58. The van der Waals surface area contributed by atoms with Crippen LogP contribution in [0.2, 0.25) is 0 Å². The van der Waals surface area contributed by atoms with E-state index < -0.39 is 0 Å². The molecule has 3 nitrogen and oxygen atoms in total. The van der Waals surface area contributed by atoms with Crippen LogP contribution in [-0.2, 0) is 12.8 Å². The maximum absolute atomic E-state index is 13.8. The quantitative estimate of drug-likeness (QED) is 0.756. The first-order valence-electron chi connectivity index (χ1n) is 6.60. The topological polar surface area (TPSA) is 37.8 Å². The Morgan fingerprint density at radius 3 is 2.86 bits per heavy atom. The number of nitrogens with one attached hydrogen (secondary N) is 1. The van der Waals surface area contributed by atoms with E-state index in [0.29, 0.717) is 11.5 Å². The number of fused-ring (bicyclic) bond motifs is 3. The van der Waals surface area contributed by atoms with Crippen molar-refractivity contribution in [2.24, 2.45) is 0 Å². The minimum atomic E-state index is -0.272. The molecule has 0 amide bonds. The molecule has 0 bridgehead atoms. The van der Waals surface area contributed by atoms with Gasteiger partial charge in [-0.15, -0.1) is 23.7 Å². The molecule has 0 atom stereocenters. The molecule has 108 valence electrons. The predicted octanol–water partition coefficient (Wildman–Crippen LogP) is 4.48. The average Bonchev–Trinajstić information content (AvgIpc) is 3.02. The molecule has 1 N–H and O–H groups in total. The smallest absolute Gasteiger partial charge is 0.146 e. The third kappa shape index (κ3) is 2.36. The SMILES string of the molecule is Cl.Fc1ccccc1Nc1ncnc2sc3c(c12)CCC3. The second-order valence-electron chi connectivity index (χ2n) is 4.86. The molecule has 1 aromatic carbocycles. The molecule has 0 aliphatic heterocycles. The Morgan fingerprint density at radius 1 is 1.14 bits per heavy atom. The molecular formula is C15H13ClFN3S. The van der Waals surface area contributed by atoms with E-state index >= 15 is 0 Å². The van der Waals surface area contributed by atoms with Gasteiger partial charge in [0.1, 0.15) is 22.8 Å². The van der Waals surface area contributed by atoms with Crippen molar-refractivity contribution in [1.82, 2.24) is 9.97 Å². The minimum absolute atomic E-state index is 0. The van der Waals surface area contributed by atoms with Crippen molar-refractivity contribution in [3.8, 4) is 0 Å². The maximum atomic E-state index is 13.8. The number of rotatable bonds is 2. The molecule has 2 heterocycles. The predicted molar refractivity (Wildman–Crippen MR) is 86.4 cm³/mol. The molecule has 1 aliphatic carbocycles. The first-order valence-corrected chi connectivity index (χ1v) is 7.41. The zero-order valence-corrected chi connectivity index (χ0v) is 12.7. The van der Waals surface area contributed by atoms with E-state index in [1.807, 2.05) is 6.07 Å². The van der Waals surface area contributed by atoms with Crippen LogP contribution in [0.5, 0.6) is 0 Å². The van der Waals surface area contributed by atoms with Crippen LogP contribution in [0.3, 0.4) is 0 Å². The Balaban J connectivity index is 0.00000132. The summed E-state index contributed by atoms with van der Waals surface area (Å²) in [6.45, 7) is 0. The van der Waals surface area contributed by atoms with Crippen molar-refractivity contribution in [1.29, 1.82) is 0 Å². The summed E-state index contributed by atoms with van der Waals surface area (Å²) >= 11 is 1.73. The highest BCUT2D eigenvalue weighted by Crippen LogP contribution is 2.39. The highest BCUT2D eigenvalue weighted by atomic mass is 35.5. The van der Waals surface area contributed by atoms with E-state index in [0.717, 1.165) is 23.1 Å². The number of para-hydroxylation sites is 1. The molecule has 0 unspecified atom stereocenters. The molecule has 0 saturated heterocycles. The number of hydrogen-bond acceptors (Lipinski definition) is 4. The van der Waals surface area contributed by atoms with Crippen LogP contribution >= 0.6 is 23.7 Å². The number of nitrogens with zero attached hydrogens (tertiary/aromatic N) is 2. The first kappa shape index (κ1) is 14.2. The number of aromatic nitrogens is 2. The van der Waals surface area contributed by atoms with Gasteiger partial charge in [-0.1, -0.05) is 12.1 Å². The van der Waals surface area contributed by atoms with Gasteiger partial charge in [-0.2, -0.15) is 0 Å². The fourth-order valence-electron chi connectivity index (χ4n) is 2.71. The summed E-state index contributed by atoms with van der Waals surface area (Å²) < 4.78 is 13.8. The van der Waals surface area contributed by atoms with Gasteiger partial charge in [0.15, 0.2) is 0 Å². The largest absolute Gasteiger partial charge is 0.337 e. The summed E-state index contributed by atoms with van der Waals surface area (Å²) in [6.07, 6.45) is 4.91. The van der Waals surface area contributed by atoms with Crippen molar-refractivity contribution >= 4 is 45.5 Å². The van der Waals surface area contributed by atoms with Crippen molar-refractivity contribution in [3.05, 3.63) is 46.9 Å². The Bertz CT molecular complexity index is 803. The monoisotopic (exact) mass is 321 g/mol. The van der Waals surface area contributed by atoms with Crippen LogP contribution in [0, 0.1) is 5.82 Å². The molecule has 1 aliphatic rings.